The fourth-order valence-corrected chi connectivity index (χ4v) is 1.84. The van der Waals surface area contributed by atoms with Gasteiger partial charge in [0.2, 0.25) is 0 Å². The zero-order chi connectivity index (χ0) is 13.3. The molecule has 0 aromatic carbocycles. The van der Waals surface area contributed by atoms with Crippen molar-refractivity contribution in [2.75, 3.05) is 6.54 Å². The second-order valence-corrected chi connectivity index (χ2v) is 5.31. The summed E-state index contributed by atoms with van der Waals surface area (Å²) >= 11 is 0. The second kappa shape index (κ2) is 4.44. The van der Waals surface area contributed by atoms with Gasteiger partial charge in [0, 0.05) is 13.0 Å². The van der Waals surface area contributed by atoms with Gasteiger partial charge in [0.25, 0.3) is 5.56 Å². The van der Waals surface area contributed by atoms with E-state index in [0.717, 1.165) is 5.69 Å². The number of carbonyl (C=O) groups excluding carboxylic acids is 1. The highest BCUT2D eigenvalue weighted by atomic mass is 16.6. The number of aromatic nitrogens is 2. The minimum absolute atomic E-state index is 0.187. The van der Waals surface area contributed by atoms with E-state index in [1.165, 1.54) is 11.2 Å². The van der Waals surface area contributed by atoms with Gasteiger partial charge in [-0.1, -0.05) is 0 Å². The van der Waals surface area contributed by atoms with Gasteiger partial charge >= 0.3 is 6.09 Å². The Balaban J connectivity index is 2.15. The molecule has 1 aromatic heterocycles. The summed E-state index contributed by atoms with van der Waals surface area (Å²) in [5.41, 5.74) is 0.597. The van der Waals surface area contributed by atoms with Crippen LogP contribution in [0.2, 0.25) is 0 Å². The Kier molecular flexibility index (Phi) is 3.11. The maximum atomic E-state index is 11.9. The molecule has 0 saturated heterocycles. The van der Waals surface area contributed by atoms with Crippen molar-refractivity contribution in [2.45, 2.75) is 39.3 Å². The summed E-state index contributed by atoms with van der Waals surface area (Å²) < 4.78 is 5.29. The van der Waals surface area contributed by atoms with Gasteiger partial charge in [0.15, 0.2) is 0 Å². The van der Waals surface area contributed by atoms with Crippen molar-refractivity contribution in [3.8, 4) is 0 Å². The predicted octanol–water partition coefficient (Wildman–Crippen LogP) is 1.06. The number of rotatable bonds is 0. The van der Waals surface area contributed by atoms with Crippen LogP contribution in [0.15, 0.2) is 11.1 Å². The predicted molar refractivity (Wildman–Crippen MR) is 65.2 cm³/mol. The van der Waals surface area contributed by atoms with Crippen LogP contribution in [0.5, 0.6) is 0 Å². The van der Waals surface area contributed by atoms with E-state index >= 15 is 0 Å². The maximum absolute atomic E-state index is 11.9. The maximum Gasteiger partial charge on any atom is 0.410 e. The smallest absolute Gasteiger partial charge is 0.410 e. The highest BCUT2D eigenvalue weighted by Crippen LogP contribution is 2.16. The summed E-state index contributed by atoms with van der Waals surface area (Å²) in [6.45, 7) is 6.23. The molecule has 0 aliphatic carbocycles. The van der Waals surface area contributed by atoms with E-state index < -0.39 is 11.7 Å². The molecule has 6 heteroatoms. The van der Waals surface area contributed by atoms with Crippen molar-refractivity contribution in [3.63, 3.8) is 0 Å². The summed E-state index contributed by atoms with van der Waals surface area (Å²) in [5, 5.41) is 0. The van der Waals surface area contributed by atoms with Crippen molar-refractivity contribution in [3.05, 3.63) is 27.9 Å². The van der Waals surface area contributed by atoms with Crippen LogP contribution in [0.1, 0.15) is 32.0 Å². The van der Waals surface area contributed by atoms with Crippen LogP contribution in [-0.4, -0.2) is 33.1 Å². The van der Waals surface area contributed by atoms with Crippen LogP contribution >= 0.6 is 0 Å². The number of nitrogens with one attached hydrogen (secondary N) is 1. The Morgan fingerprint density at radius 3 is 2.89 bits per heavy atom. The molecule has 6 nitrogen and oxygen atoms in total. The molecule has 0 radical (unpaired) electrons. The minimum Gasteiger partial charge on any atom is -0.444 e. The number of carbonyl (C=O) groups is 1. The van der Waals surface area contributed by atoms with Crippen LogP contribution in [0.4, 0.5) is 4.79 Å². The first-order chi connectivity index (χ1) is 8.37. The lowest BCUT2D eigenvalue weighted by molar-refractivity contribution is 0.0222. The molecule has 1 aromatic rings. The second-order valence-electron chi connectivity index (χ2n) is 5.31. The molecule has 0 bridgehead atoms. The standard InChI is InChI=1S/C12H17N3O3/c1-12(2,3)18-11(17)15-5-4-9-8(6-15)10(16)14-7-13-9/h7H,4-6H2,1-3H3,(H,13,14,16). The molecule has 1 N–H and O–H groups in total. The minimum atomic E-state index is -0.529. The quantitative estimate of drug-likeness (QED) is 0.748. The largest absolute Gasteiger partial charge is 0.444 e. The molecular weight excluding hydrogens is 234 g/mol. The van der Waals surface area contributed by atoms with E-state index in [2.05, 4.69) is 9.97 Å². The van der Waals surface area contributed by atoms with Crippen molar-refractivity contribution in [2.24, 2.45) is 0 Å². The van der Waals surface area contributed by atoms with E-state index in [0.29, 0.717) is 18.5 Å². The molecule has 98 valence electrons. The third kappa shape index (κ3) is 2.69. The lowest BCUT2D eigenvalue weighted by Gasteiger charge is -2.30. The Hall–Kier alpha value is -1.85. The molecule has 0 spiro atoms. The molecule has 1 amide bonds. The van der Waals surface area contributed by atoms with Gasteiger partial charge in [-0.15, -0.1) is 0 Å². The van der Waals surface area contributed by atoms with Crippen LogP contribution in [0.25, 0.3) is 0 Å². The average molecular weight is 251 g/mol. The van der Waals surface area contributed by atoms with Crippen molar-refractivity contribution in [1.29, 1.82) is 0 Å². The van der Waals surface area contributed by atoms with Gasteiger partial charge in [-0.3, -0.25) is 4.79 Å². The average Bonchev–Trinajstić information content (AvgIpc) is 2.27. The van der Waals surface area contributed by atoms with E-state index in [1.54, 1.807) is 0 Å². The molecular formula is C12H17N3O3. The zero-order valence-electron chi connectivity index (χ0n) is 10.8. The Labute approximate surface area is 105 Å². The first kappa shape index (κ1) is 12.6. The van der Waals surface area contributed by atoms with E-state index in [-0.39, 0.29) is 12.1 Å². The van der Waals surface area contributed by atoms with E-state index in [9.17, 15) is 9.59 Å². The molecule has 0 saturated carbocycles. The highest BCUT2D eigenvalue weighted by Gasteiger charge is 2.27. The lowest BCUT2D eigenvalue weighted by Crippen LogP contribution is -2.42. The third-order valence-corrected chi connectivity index (χ3v) is 2.66. The lowest BCUT2D eigenvalue weighted by atomic mass is 10.1. The van der Waals surface area contributed by atoms with E-state index in [4.69, 9.17) is 4.74 Å². The van der Waals surface area contributed by atoms with Gasteiger partial charge in [-0.05, 0) is 20.8 Å². The SMILES string of the molecule is CC(C)(C)OC(=O)N1CCc2nc[nH]c(=O)c2C1. The molecule has 0 fully saturated rings. The molecule has 0 atom stereocenters. The van der Waals surface area contributed by atoms with Gasteiger partial charge in [-0.2, -0.15) is 0 Å². The van der Waals surface area contributed by atoms with Gasteiger partial charge in [0.1, 0.15) is 5.60 Å². The number of H-pyrrole nitrogens is 1. The first-order valence-electron chi connectivity index (χ1n) is 5.90. The van der Waals surface area contributed by atoms with Crippen molar-refractivity contribution in [1.82, 2.24) is 14.9 Å². The Morgan fingerprint density at radius 1 is 1.50 bits per heavy atom. The fourth-order valence-electron chi connectivity index (χ4n) is 1.84. The highest BCUT2D eigenvalue weighted by molar-refractivity contribution is 5.68. The van der Waals surface area contributed by atoms with Gasteiger partial charge in [-0.25, -0.2) is 9.78 Å². The molecule has 0 unspecified atom stereocenters. The summed E-state index contributed by atoms with van der Waals surface area (Å²) in [7, 11) is 0. The van der Waals surface area contributed by atoms with Crippen molar-refractivity contribution < 1.29 is 9.53 Å². The van der Waals surface area contributed by atoms with Crippen LogP contribution < -0.4 is 5.56 Å². The third-order valence-electron chi connectivity index (χ3n) is 2.66. The van der Waals surface area contributed by atoms with Crippen LogP contribution in [-0.2, 0) is 17.7 Å². The summed E-state index contributed by atoms with van der Waals surface area (Å²) in [6, 6.07) is 0. The summed E-state index contributed by atoms with van der Waals surface area (Å²) in [6.07, 6.45) is 1.58. The number of hydrogen-bond donors (Lipinski definition) is 1. The summed E-state index contributed by atoms with van der Waals surface area (Å²) in [4.78, 5) is 31.7. The Morgan fingerprint density at radius 2 is 2.22 bits per heavy atom. The van der Waals surface area contributed by atoms with Crippen LogP contribution in [0.3, 0.4) is 0 Å². The molecule has 2 heterocycles. The monoisotopic (exact) mass is 251 g/mol. The number of amides is 1. The number of ether oxygens (including phenoxy) is 1. The molecule has 1 aliphatic heterocycles. The zero-order valence-corrected chi connectivity index (χ0v) is 10.8. The normalized spacial score (nSPS) is 15.2. The molecule has 18 heavy (non-hydrogen) atoms. The Bertz CT molecular complexity index is 516. The van der Waals surface area contributed by atoms with Gasteiger partial charge in [0.05, 0.1) is 24.1 Å². The number of aromatic amines is 1. The van der Waals surface area contributed by atoms with E-state index in [1.807, 2.05) is 20.8 Å². The topological polar surface area (TPSA) is 75.3 Å². The van der Waals surface area contributed by atoms with Crippen LogP contribution in [0, 0.1) is 0 Å². The number of fused-ring (bicyclic) bond motifs is 1. The fraction of sp³-hybridized carbons (Fsp3) is 0.583. The first-order valence-corrected chi connectivity index (χ1v) is 5.90. The molecule has 2 rings (SSSR count). The van der Waals surface area contributed by atoms with Gasteiger partial charge < -0.3 is 14.6 Å². The molecule has 1 aliphatic rings. The number of nitrogens with zero attached hydrogens (tertiary/aromatic N) is 2. The summed E-state index contributed by atoms with van der Waals surface area (Å²) in [5.74, 6) is 0. The number of hydrogen-bond acceptors (Lipinski definition) is 4. The van der Waals surface area contributed by atoms with Crippen molar-refractivity contribution >= 4 is 6.09 Å².